The fraction of sp³-hybridized carbons (Fsp3) is 0.471. The minimum Gasteiger partial charge on any atom is -0.507 e. The molecule has 0 saturated carbocycles. The maximum atomic E-state index is 12.3. The lowest BCUT2D eigenvalue weighted by molar-refractivity contribution is -0.129. The molecule has 2 aliphatic heterocycles. The lowest BCUT2D eigenvalue weighted by atomic mass is 10.0. The van der Waals surface area contributed by atoms with Gasteiger partial charge in [-0.05, 0) is 30.5 Å². The van der Waals surface area contributed by atoms with E-state index in [4.69, 9.17) is 4.74 Å². The number of alkyl halides is 3. The Balaban J connectivity index is 1.85. The van der Waals surface area contributed by atoms with Crippen LogP contribution >= 0.6 is 11.8 Å². The maximum Gasteiger partial charge on any atom is 0.397 e. The molecule has 1 saturated heterocycles. The summed E-state index contributed by atoms with van der Waals surface area (Å²) in [6.45, 7) is 0.499. The zero-order valence-corrected chi connectivity index (χ0v) is 14.3. The Morgan fingerprint density at radius 1 is 1.28 bits per heavy atom. The van der Waals surface area contributed by atoms with Gasteiger partial charge in [0.05, 0.1) is 11.4 Å². The highest BCUT2D eigenvalue weighted by molar-refractivity contribution is 7.98. The average molecular weight is 373 g/mol. The maximum absolute atomic E-state index is 12.3. The van der Waals surface area contributed by atoms with Crippen molar-refractivity contribution in [2.75, 3.05) is 18.9 Å². The number of fused-ring (bicyclic) bond motifs is 1. The Bertz CT molecular complexity index is 703. The number of nitrogens with zero attached hydrogens (tertiary/aromatic N) is 1. The summed E-state index contributed by atoms with van der Waals surface area (Å²) in [4.78, 5) is 13.8. The number of carbonyl (C=O) groups is 1. The van der Waals surface area contributed by atoms with Crippen molar-refractivity contribution < 1.29 is 27.8 Å². The third-order valence-corrected chi connectivity index (χ3v) is 5.13. The molecule has 1 amide bonds. The first-order chi connectivity index (χ1) is 11.8. The van der Waals surface area contributed by atoms with Crippen LogP contribution in [0.5, 0.6) is 5.75 Å². The summed E-state index contributed by atoms with van der Waals surface area (Å²) in [5, 5.41) is 10.3. The van der Waals surface area contributed by atoms with Gasteiger partial charge in [-0.2, -0.15) is 13.2 Å². The molecule has 0 unspecified atom stereocenters. The second-order valence-electron chi connectivity index (χ2n) is 6.02. The third-order valence-electron chi connectivity index (χ3n) is 4.06. The Hall–Kier alpha value is -1.83. The molecule has 1 aromatic rings. The summed E-state index contributed by atoms with van der Waals surface area (Å²) in [6, 6.07) is 5.09. The molecule has 1 N–H and O–H groups in total. The molecule has 0 radical (unpaired) electrons. The molecule has 8 heteroatoms. The van der Waals surface area contributed by atoms with E-state index in [1.807, 2.05) is 0 Å². The van der Waals surface area contributed by atoms with Crippen molar-refractivity contribution in [3.63, 3.8) is 0 Å². The van der Waals surface area contributed by atoms with Crippen molar-refractivity contribution in [1.82, 2.24) is 4.90 Å². The number of amides is 1. The van der Waals surface area contributed by atoms with Crippen LogP contribution in [-0.2, 0) is 10.5 Å². The van der Waals surface area contributed by atoms with Crippen LogP contribution in [0, 0.1) is 0 Å². The molecule has 25 heavy (non-hydrogen) atoms. The van der Waals surface area contributed by atoms with Crippen LogP contribution in [0.15, 0.2) is 24.0 Å². The Morgan fingerprint density at radius 3 is 2.80 bits per heavy atom. The van der Waals surface area contributed by atoms with Gasteiger partial charge < -0.3 is 14.7 Å². The van der Waals surface area contributed by atoms with E-state index in [1.54, 1.807) is 23.1 Å². The highest BCUT2D eigenvalue weighted by Crippen LogP contribution is 2.37. The number of ether oxygens (including phenoxy) is 1. The molecule has 0 bridgehead atoms. The van der Waals surface area contributed by atoms with E-state index in [-0.39, 0.29) is 24.0 Å². The summed E-state index contributed by atoms with van der Waals surface area (Å²) in [6.07, 6.45) is -2.11. The van der Waals surface area contributed by atoms with Gasteiger partial charge in [-0.3, -0.25) is 4.79 Å². The molecule has 1 aromatic carbocycles. The highest BCUT2D eigenvalue weighted by atomic mass is 32.2. The molecule has 2 heterocycles. The largest absolute Gasteiger partial charge is 0.507 e. The summed E-state index contributed by atoms with van der Waals surface area (Å²) in [7, 11) is 0. The van der Waals surface area contributed by atoms with E-state index in [1.165, 1.54) is 0 Å². The third kappa shape index (κ3) is 4.23. The SMILES string of the molecule is O=C1CCCCN1C1=C(O)COc2ccc(CSCC(F)(F)F)cc21. The monoisotopic (exact) mass is 373 g/mol. The van der Waals surface area contributed by atoms with E-state index in [2.05, 4.69) is 0 Å². The van der Waals surface area contributed by atoms with Crippen molar-refractivity contribution in [3.05, 3.63) is 35.1 Å². The van der Waals surface area contributed by atoms with E-state index in [9.17, 15) is 23.1 Å². The van der Waals surface area contributed by atoms with E-state index < -0.39 is 11.9 Å². The van der Waals surface area contributed by atoms with E-state index in [0.29, 0.717) is 35.5 Å². The van der Waals surface area contributed by atoms with Crippen molar-refractivity contribution in [3.8, 4) is 5.75 Å². The van der Waals surface area contributed by atoms with Crippen molar-refractivity contribution >= 4 is 23.4 Å². The number of likely N-dealkylation sites (tertiary alicyclic amines) is 1. The number of aliphatic hydroxyl groups excluding tert-OH is 1. The Morgan fingerprint density at radius 2 is 2.08 bits per heavy atom. The number of piperidine rings is 1. The zero-order chi connectivity index (χ0) is 18.0. The fourth-order valence-corrected chi connectivity index (χ4v) is 3.72. The van der Waals surface area contributed by atoms with Gasteiger partial charge in [-0.15, -0.1) is 11.8 Å². The number of hydrogen-bond donors (Lipinski definition) is 1. The minimum absolute atomic E-state index is 0.0196. The van der Waals surface area contributed by atoms with Gasteiger partial charge in [0.25, 0.3) is 0 Å². The van der Waals surface area contributed by atoms with E-state index >= 15 is 0 Å². The Labute approximate surface area is 147 Å². The van der Waals surface area contributed by atoms with Crippen molar-refractivity contribution in [2.45, 2.75) is 31.2 Å². The summed E-state index contributed by atoms with van der Waals surface area (Å²) in [5.41, 5.74) is 1.67. The van der Waals surface area contributed by atoms with Crippen LogP contribution in [0.2, 0.25) is 0 Å². The molecule has 2 aliphatic rings. The van der Waals surface area contributed by atoms with E-state index in [0.717, 1.165) is 24.6 Å². The molecule has 0 aromatic heterocycles. The van der Waals surface area contributed by atoms with Gasteiger partial charge in [0, 0.05) is 24.3 Å². The van der Waals surface area contributed by atoms with Gasteiger partial charge in [0.15, 0.2) is 5.76 Å². The first-order valence-electron chi connectivity index (χ1n) is 7.98. The van der Waals surface area contributed by atoms with Crippen LogP contribution in [0.1, 0.15) is 30.4 Å². The number of thioether (sulfide) groups is 1. The van der Waals surface area contributed by atoms with Crippen molar-refractivity contribution in [2.24, 2.45) is 0 Å². The topological polar surface area (TPSA) is 49.8 Å². The van der Waals surface area contributed by atoms with Crippen LogP contribution in [0.25, 0.3) is 5.70 Å². The second-order valence-corrected chi connectivity index (χ2v) is 7.01. The predicted molar refractivity (Wildman–Crippen MR) is 89.3 cm³/mol. The number of rotatable bonds is 4. The fourth-order valence-electron chi connectivity index (χ4n) is 2.98. The number of aliphatic hydroxyl groups is 1. The molecule has 0 aliphatic carbocycles. The first-order valence-corrected chi connectivity index (χ1v) is 9.14. The van der Waals surface area contributed by atoms with Crippen LogP contribution in [-0.4, -0.2) is 41.0 Å². The molecule has 3 rings (SSSR count). The zero-order valence-electron chi connectivity index (χ0n) is 13.4. The smallest absolute Gasteiger partial charge is 0.397 e. The standard InChI is InChI=1S/C17H18F3NO3S/c18-17(19,20)10-25-9-11-4-5-14-12(7-11)16(13(22)8-24-14)21-6-2-1-3-15(21)23/h4-5,7,22H,1-3,6,8-10H2. The van der Waals surface area contributed by atoms with Gasteiger partial charge in [-0.1, -0.05) is 6.07 Å². The number of carbonyl (C=O) groups excluding carboxylic acids is 1. The normalized spacial score (nSPS) is 18.2. The second kappa shape index (κ2) is 7.19. The minimum atomic E-state index is -4.20. The molecule has 1 fully saturated rings. The molecule has 136 valence electrons. The summed E-state index contributed by atoms with van der Waals surface area (Å²) in [5.74, 6) is -0.287. The van der Waals surface area contributed by atoms with Gasteiger partial charge in [0.1, 0.15) is 12.4 Å². The molecule has 0 atom stereocenters. The van der Waals surface area contributed by atoms with Gasteiger partial charge in [-0.25, -0.2) is 0 Å². The number of hydrogen-bond acceptors (Lipinski definition) is 4. The van der Waals surface area contributed by atoms with Crippen molar-refractivity contribution in [1.29, 1.82) is 0 Å². The van der Waals surface area contributed by atoms with Crippen LogP contribution in [0.3, 0.4) is 0 Å². The molecule has 0 spiro atoms. The summed E-state index contributed by atoms with van der Waals surface area (Å²) < 4.78 is 42.4. The first kappa shape index (κ1) is 18.0. The highest BCUT2D eigenvalue weighted by Gasteiger charge is 2.31. The number of benzene rings is 1. The van der Waals surface area contributed by atoms with Gasteiger partial charge >= 0.3 is 6.18 Å². The number of halogens is 3. The average Bonchev–Trinajstić information content (AvgIpc) is 2.55. The molecule has 4 nitrogen and oxygen atoms in total. The van der Waals surface area contributed by atoms with Crippen LogP contribution in [0.4, 0.5) is 13.2 Å². The lowest BCUT2D eigenvalue weighted by Crippen LogP contribution is -2.36. The quantitative estimate of drug-likeness (QED) is 0.863. The lowest BCUT2D eigenvalue weighted by Gasteiger charge is -2.33. The predicted octanol–water partition coefficient (Wildman–Crippen LogP) is 4.11. The van der Waals surface area contributed by atoms with Gasteiger partial charge in [0.2, 0.25) is 5.91 Å². The van der Waals surface area contributed by atoms with Crippen LogP contribution < -0.4 is 4.74 Å². The molecular weight excluding hydrogens is 355 g/mol. The molecular formula is C17H18F3NO3S. The Kier molecular flexibility index (Phi) is 5.17. The summed E-state index contributed by atoms with van der Waals surface area (Å²) >= 11 is 0.777.